The summed E-state index contributed by atoms with van der Waals surface area (Å²) < 4.78 is 1.83. The fraction of sp³-hybridized carbons (Fsp3) is 0.733. The maximum atomic E-state index is 12.8. The van der Waals surface area contributed by atoms with Crippen molar-refractivity contribution in [3.8, 4) is 0 Å². The molecule has 21 heavy (non-hydrogen) atoms. The first-order chi connectivity index (χ1) is 10.1. The van der Waals surface area contributed by atoms with Gasteiger partial charge in [-0.2, -0.15) is 5.10 Å². The van der Waals surface area contributed by atoms with Crippen LogP contribution in [0.25, 0.3) is 0 Å². The van der Waals surface area contributed by atoms with Gasteiger partial charge in [-0.15, -0.1) is 0 Å². The number of aromatic nitrogens is 2. The number of hydrogen-bond acceptors (Lipinski definition) is 4. The fourth-order valence-corrected chi connectivity index (χ4v) is 2.69. The zero-order valence-electron chi connectivity index (χ0n) is 13.3. The quantitative estimate of drug-likeness (QED) is 0.798. The Balaban J connectivity index is 1.99. The number of carbonyl (C=O) groups is 1. The Morgan fingerprint density at radius 2 is 2.19 bits per heavy atom. The lowest BCUT2D eigenvalue weighted by Crippen LogP contribution is -2.55. The molecule has 2 heterocycles. The Bertz CT molecular complexity index is 437. The molecule has 1 amide bonds. The molecule has 0 atom stereocenters. The first kappa shape index (κ1) is 16.0. The van der Waals surface area contributed by atoms with Crippen molar-refractivity contribution in [2.45, 2.75) is 38.3 Å². The van der Waals surface area contributed by atoms with E-state index in [0.29, 0.717) is 12.6 Å². The topological polar surface area (TPSA) is 62.2 Å². The molecular weight excluding hydrogens is 266 g/mol. The van der Waals surface area contributed by atoms with E-state index < -0.39 is 5.54 Å². The van der Waals surface area contributed by atoms with E-state index in [1.165, 1.54) is 0 Å². The van der Waals surface area contributed by atoms with Gasteiger partial charge >= 0.3 is 0 Å². The van der Waals surface area contributed by atoms with Crippen LogP contribution in [0.15, 0.2) is 18.5 Å². The van der Waals surface area contributed by atoms with Crippen LogP contribution in [0.2, 0.25) is 0 Å². The van der Waals surface area contributed by atoms with Gasteiger partial charge in [0.1, 0.15) is 5.54 Å². The molecule has 0 bridgehead atoms. The zero-order chi connectivity index (χ0) is 15.3. The van der Waals surface area contributed by atoms with Crippen molar-refractivity contribution < 1.29 is 4.79 Å². The van der Waals surface area contributed by atoms with Crippen molar-refractivity contribution in [3.63, 3.8) is 0 Å². The highest BCUT2D eigenvalue weighted by molar-refractivity contribution is 5.84. The molecule has 0 unspecified atom stereocenters. The molecule has 1 aromatic rings. The number of rotatable bonds is 6. The number of likely N-dealkylation sites (N-methyl/N-ethyl adjacent to an activating group) is 1. The number of piperidine rings is 1. The highest BCUT2D eigenvalue weighted by Gasteiger charge is 2.41. The normalized spacial score (nSPS) is 18.1. The van der Waals surface area contributed by atoms with Gasteiger partial charge in [-0.05, 0) is 52.9 Å². The first-order valence-corrected chi connectivity index (χ1v) is 7.75. The first-order valence-electron chi connectivity index (χ1n) is 7.75. The Labute approximate surface area is 126 Å². The van der Waals surface area contributed by atoms with E-state index in [1.54, 1.807) is 6.20 Å². The average Bonchev–Trinajstić information content (AvgIpc) is 3.02. The van der Waals surface area contributed by atoms with Crippen LogP contribution in [-0.4, -0.2) is 59.9 Å². The standard InChI is InChI=1S/C15H27N5O/c1-13(2)19(3)12-10-17-14(21)15(5-8-16-9-6-15)20-11-4-7-18-20/h4,7,11,13,16H,5-6,8-10,12H2,1-3H3,(H,17,21). The Morgan fingerprint density at radius 3 is 2.76 bits per heavy atom. The van der Waals surface area contributed by atoms with Crippen LogP contribution in [0.4, 0.5) is 0 Å². The summed E-state index contributed by atoms with van der Waals surface area (Å²) in [5, 5.41) is 10.7. The molecule has 118 valence electrons. The summed E-state index contributed by atoms with van der Waals surface area (Å²) in [5.41, 5.74) is -0.537. The monoisotopic (exact) mass is 293 g/mol. The smallest absolute Gasteiger partial charge is 0.248 e. The lowest BCUT2D eigenvalue weighted by molar-refractivity contribution is -0.132. The molecule has 1 fully saturated rings. The molecule has 0 aliphatic carbocycles. The molecular formula is C15H27N5O. The number of nitrogens with zero attached hydrogens (tertiary/aromatic N) is 3. The van der Waals surface area contributed by atoms with Crippen molar-refractivity contribution in [2.24, 2.45) is 0 Å². The van der Waals surface area contributed by atoms with Crippen LogP contribution in [0.1, 0.15) is 26.7 Å². The molecule has 1 aliphatic rings. The Hall–Kier alpha value is -1.40. The molecule has 6 heteroatoms. The summed E-state index contributed by atoms with van der Waals surface area (Å²) in [6.07, 6.45) is 5.19. The van der Waals surface area contributed by atoms with Gasteiger partial charge in [-0.3, -0.25) is 9.48 Å². The fourth-order valence-electron chi connectivity index (χ4n) is 2.69. The molecule has 0 radical (unpaired) electrons. The summed E-state index contributed by atoms with van der Waals surface area (Å²) >= 11 is 0. The molecule has 2 rings (SSSR count). The van der Waals surface area contributed by atoms with E-state index in [0.717, 1.165) is 32.5 Å². The van der Waals surface area contributed by atoms with Gasteiger partial charge in [0.25, 0.3) is 0 Å². The largest absolute Gasteiger partial charge is 0.353 e. The summed E-state index contributed by atoms with van der Waals surface area (Å²) in [7, 11) is 2.07. The van der Waals surface area contributed by atoms with E-state index >= 15 is 0 Å². The van der Waals surface area contributed by atoms with Crippen molar-refractivity contribution in [2.75, 3.05) is 33.2 Å². The second-order valence-electron chi connectivity index (χ2n) is 6.06. The summed E-state index contributed by atoms with van der Waals surface area (Å²) in [5.74, 6) is 0.0878. The summed E-state index contributed by atoms with van der Waals surface area (Å²) in [6, 6.07) is 2.37. The van der Waals surface area contributed by atoms with Gasteiger partial charge in [-0.1, -0.05) is 0 Å². The molecule has 2 N–H and O–H groups in total. The third-order valence-electron chi connectivity index (χ3n) is 4.43. The van der Waals surface area contributed by atoms with Gasteiger partial charge in [0.15, 0.2) is 0 Å². The minimum atomic E-state index is -0.537. The average molecular weight is 293 g/mol. The maximum absolute atomic E-state index is 12.8. The third-order valence-corrected chi connectivity index (χ3v) is 4.43. The molecule has 1 saturated heterocycles. The summed E-state index contributed by atoms with van der Waals surface area (Å²) in [4.78, 5) is 15.0. The lowest BCUT2D eigenvalue weighted by Gasteiger charge is -2.36. The number of amides is 1. The van der Waals surface area contributed by atoms with Crippen molar-refractivity contribution in [1.82, 2.24) is 25.3 Å². The second-order valence-corrected chi connectivity index (χ2v) is 6.06. The van der Waals surface area contributed by atoms with E-state index in [2.05, 4.69) is 41.5 Å². The van der Waals surface area contributed by atoms with E-state index in [1.807, 2.05) is 16.9 Å². The third kappa shape index (κ3) is 3.63. The van der Waals surface area contributed by atoms with E-state index in [-0.39, 0.29) is 5.91 Å². The number of nitrogens with one attached hydrogen (secondary N) is 2. The van der Waals surface area contributed by atoms with Gasteiger partial charge in [0.05, 0.1) is 0 Å². The molecule has 0 aromatic carbocycles. The Kier molecular flexibility index (Phi) is 5.36. The van der Waals surface area contributed by atoms with Gasteiger partial charge < -0.3 is 15.5 Å². The lowest BCUT2D eigenvalue weighted by atomic mass is 9.87. The number of carbonyl (C=O) groups excluding carboxylic acids is 1. The molecule has 0 saturated carbocycles. The highest BCUT2D eigenvalue weighted by Crippen LogP contribution is 2.26. The molecule has 0 spiro atoms. The zero-order valence-corrected chi connectivity index (χ0v) is 13.3. The van der Waals surface area contributed by atoms with Crippen molar-refractivity contribution in [3.05, 3.63) is 18.5 Å². The highest BCUT2D eigenvalue weighted by atomic mass is 16.2. The van der Waals surface area contributed by atoms with Gasteiger partial charge in [-0.25, -0.2) is 0 Å². The molecule has 6 nitrogen and oxygen atoms in total. The van der Waals surface area contributed by atoms with Crippen LogP contribution >= 0.6 is 0 Å². The van der Waals surface area contributed by atoms with E-state index in [9.17, 15) is 4.79 Å². The summed E-state index contributed by atoms with van der Waals surface area (Å²) in [6.45, 7) is 7.53. The predicted octanol–water partition coefficient (Wildman–Crippen LogP) is 0.418. The molecule has 1 aromatic heterocycles. The van der Waals surface area contributed by atoms with Crippen LogP contribution in [0, 0.1) is 0 Å². The SMILES string of the molecule is CC(C)N(C)CCNC(=O)C1(n2cccn2)CCNCC1. The Morgan fingerprint density at radius 1 is 1.48 bits per heavy atom. The number of hydrogen-bond donors (Lipinski definition) is 2. The molecule has 1 aliphatic heterocycles. The minimum Gasteiger partial charge on any atom is -0.353 e. The van der Waals surface area contributed by atoms with Crippen LogP contribution in [0.3, 0.4) is 0 Å². The van der Waals surface area contributed by atoms with Crippen LogP contribution < -0.4 is 10.6 Å². The van der Waals surface area contributed by atoms with Crippen LogP contribution in [-0.2, 0) is 10.3 Å². The van der Waals surface area contributed by atoms with Gasteiger partial charge in [0.2, 0.25) is 5.91 Å². The van der Waals surface area contributed by atoms with E-state index in [4.69, 9.17) is 0 Å². The van der Waals surface area contributed by atoms with Crippen LogP contribution in [0.5, 0.6) is 0 Å². The maximum Gasteiger partial charge on any atom is 0.248 e. The van der Waals surface area contributed by atoms with Gasteiger partial charge in [0, 0.05) is 31.5 Å². The second kappa shape index (κ2) is 7.04. The van der Waals surface area contributed by atoms with Crippen molar-refractivity contribution >= 4 is 5.91 Å². The minimum absolute atomic E-state index is 0.0878. The predicted molar refractivity (Wildman–Crippen MR) is 83.1 cm³/mol. The van der Waals surface area contributed by atoms with Crippen molar-refractivity contribution in [1.29, 1.82) is 0 Å².